The number of nitriles is 1. The molecule has 5 heteroatoms. The van der Waals surface area contributed by atoms with Gasteiger partial charge in [-0.2, -0.15) is 5.26 Å². The number of nitrogens with zero attached hydrogens (tertiary/aromatic N) is 1. The zero-order valence-electron chi connectivity index (χ0n) is 11.9. The van der Waals surface area contributed by atoms with Crippen LogP contribution in [0, 0.1) is 11.3 Å². The van der Waals surface area contributed by atoms with Crippen molar-refractivity contribution in [3.63, 3.8) is 0 Å². The Hall–Kier alpha value is -1.51. The first kappa shape index (κ1) is 16.5. The lowest BCUT2D eigenvalue weighted by atomic mass is 10.1. The maximum atomic E-state index is 11.3. The van der Waals surface area contributed by atoms with E-state index in [2.05, 4.69) is 18.3 Å². The molecule has 20 heavy (non-hydrogen) atoms. The Morgan fingerprint density at radius 1 is 1.45 bits per heavy atom. The SMILES string of the molecule is CCCNCc1ccc(SCC(=O)OCC)c(C#N)c1. The van der Waals surface area contributed by atoms with E-state index in [1.54, 1.807) is 6.92 Å². The molecule has 0 fully saturated rings. The van der Waals surface area contributed by atoms with Crippen LogP contribution in [0.1, 0.15) is 31.4 Å². The minimum Gasteiger partial charge on any atom is -0.465 e. The highest BCUT2D eigenvalue weighted by atomic mass is 32.2. The van der Waals surface area contributed by atoms with Gasteiger partial charge in [-0.3, -0.25) is 4.79 Å². The van der Waals surface area contributed by atoms with Crippen molar-refractivity contribution in [2.24, 2.45) is 0 Å². The van der Waals surface area contributed by atoms with Crippen molar-refractivity contribution in [2.75, 3.05) is 18.9 Å². The number of nitrogens with one attached hydrogen (secondary N) is 1. The third-order valence-electron chi connectivity index (χ3n) is 2.57. The molecular formula is C15H20N2O2S. The molecule has 0 saturated heterocycles. The lowest BCUT2D eigenvalue weighted by molar-refractivity contribution is -0.139. The van der Waals surface area contributed by atoms with Gasteiger partial charge in [-0.15, -0.1) is 11.8 Å². The summed E-state index contributed by atoms with van der Waals surface area (Å²) < 4.78 is 4.87. The first-order valence-corrected chi connectivity index (χ1v) is 7.72. The van der Waals surface area contributed by atoms with Crippen molar-refractivity contribution < 1.29 is 9.53 Å². The molecule has 0 bridgehead atoms. The smallest absolute Gasteiger partial charge is 0.316 e. The molecule has 108 valence electrons. The van der Waals surface area contributed by atoms with Crippen molar-refractivity contribution in [3.8, 4) is 6.07 Å². The van der Waals surface area contributed by atoms with Gasteiger partial charge in [0.1, 0.15) is 6.07 Å². The predicted octanol–water partition coefficient (Wildman–Crippen LogP) is 2.71. The highest BCUT2D eigenvalue weighted by molar-refractivity contribution is 8.00. The summed E-state index contributed by atoms with van der Waals surface area (Å²) in [6, 6.07) is 7.93. The van der Waals surface area contributed by atoms with Crippen LogP contribution in [0.4, 0.5) is 0 Å². The van der Waals surface area contributed by atoms with Crippen molar-refractivity contribution in [1.82, 2.24) is 5.32 Å². The predicted molar refractivity (Wildman–Crippen MR) is 80.5 cm³/mol. The second kappa shape index (κ2) is 9.40. The second-order valence-electron chi connectivity index (χ2n) is 4.21. The van der Waals surface area contributed by atoms with E-state index >= 15 is 0 Å². The number of esters is 1. The Morgan fingerprint density at radius 2 is 2.25 bits per heavy atom. The van der Waals surface area contributed by atoms with Gasteiger partial charge in [-0.1, -0.05) is 13.0 Å². The van der Waals surface area contributed by atoms with Gasteiger partial charge in [0.25, 0.3) is 0 Å². The monoisotopic (exact) mass is 292 g/mol. The van der Waals surface area contributed by atoms with E-state index in [0.717, 1.165) is 30.0 Å². The summed E-state index contributed by atoms with van der Waals surface area (Å²) in [5.41, 5.74) is 1.69. The number of carbonyl (C=O) groups is 1. The van der Waals surface area contributed by atoms with E-state index in [9.17, 15) is 10.1 Å². The van der Waals surface area contributed by atoms with Crippen LogP contribution >= 0.6 is 11.8 Å². The van der Waals surface area contributed by atoms with Crippen LogP contribution in [0.25, 0.3) is 0 Å². The molecule has 1 N–H and O–H groups in total. The number of thioether (sulfide) groups is 1. The fourth-order valence-electron chi connectivity index (χ4n) is 1.65. The Kier molecular flexibility index (Phi) is 7.78. The Morgan fingerprint density at radius 3 is 2.90 bits per heavy atom. The minimum atomic E-state index is -0.255. The fourth-order valence-corrected chi connectivity index (χ4v) is 2.43. The normalized spacial score (nSPS) is 10.1. The van der Waals surface area contributed by atoms with E-state index < -0.39 is 0 Å². The number of ether oxygens (including phenoxy) is 1. The third kappa shape index (κ3) is 5.64. The summed E-state index contributed by atoms with van der Waals surface area (Å²) in [5, 5.41) is 12.5. The van der Waals surface area contributed by atoms with Crippen LogP contribution < -0.4 is 5.32 Å². The molecule has 0 spiro atoms. The first-order chi connectivity index (χ1) is 9.71. The number of hydrogen-bond acceptors (Lipinski definition) is 5. The van der Waals surface area contributed by atoms with Crippen LogP contribution in [-0.2, 0) is 16.1 Å². The number of carbonyl (C=O) groups excluding carboxylic acids is 1. The molecule has 0 unspecified atom stereocenters. The summed E-state index contributed by atoms with van der Waals surface area (Å²) in [6.45, 7) is 5.99. The average molecular weight is 292 g/mol. The van der Waals surface area contributed by atoms with E-state index in [1.807, 2.05) is 18.2 Å². The van der Waals surface area contributed by atoms with Crippen LogP contribution in [0.5, 0.6) is 0 Å². The quantitative estimate of drug-likeness (QED) is 0.453. The van der Waals surface area contributed by atoms with E-state index in [1.165, 1.54) is 11.8 Å². The third-order valence-corrected chi connectivity index (χ3v) is 3.62. The molecule has 0 radical (unpaired) electrons. The van der Waals surface area contributed by atoms with Crippen LogP contribution in [0.2, 0.25) is 0 Å². The van der Waals surface area contributed by atoms with Crippen molar-refractivity contribution in [3.05, 3.63) is 29.3 Å². The van der Waals surface area contributed by atoms with Crippen LogP contribution in [-0.4, -0.2) is 24.9 Å². The second-order valence-corrected chi connectivity index (χ2v) is 5.23. The lowest BCUT2D eigenvalue weighted by Crippen LogP contribution is -2.13. The van der Waals surface area contributed by atoms with E-state index in [-0.39, 0.29) is 11.7 Å². The van der Waals surface area contributed by atoms with Gasteiger partial charge < -0.3 is 10.1 Å². The summed E-state index contributed by atoms with van der Waals surface area (Å²) in [7, 11) is 0. The Balaban J connectivity index is 2.63. The maximum absolute atomic E-state index is 11.3. The van der Waals surface area contributed by atoms with Crippen molar-refractivity contribution in [2.45, 2.75) is 31.7 Å². The maximum Gasteiger partial charge on any atom is 0.316 e. The van der Waals surface area contributed by atoms with Gasteiger partial charge >= 0.3 is 5.97 Å². The van der Waals surface area contributed by atoms with E-state index in [0.29, 0.717) is 12.2 Å². The number of benzene rings is 1. The van der Waals surface area contributed by atoms with Gasteiger partial charge in [-0.05, 0) is 37.6 Å². The molecule has 0 aliphatic heterocycles. The molecule has 0 aliphatic carbocycles. The largest absolute Gasteiger partial charge is 0.465 e. The average Bonchev–Trinajstić information content (AvgIpc) is 2.46. The summed E-state index contributed by atoms with van der Waals surface area (Å²) in [5.74, 6) is -0.0225. The molecule has 0 heterocycles. The topological polar surface area (TPSA) is 62.1 Å². The van der Waals surface area contributed by atoms with Gasteiger partial charge in [-0.25, -0.2) is 0 Å². The molecule has 1 rings (SSSR count). The van der Waals surface area contributed by atoms with Crippen molar-refractivity contribution in [1.29, 1.82) is 5.26 Å². The first-order valence-electron chi connectivity index (χ1n) is 6.73. The molecular weight excluding hydrogens is 272 g/mol. The molecule has 0 saturated carbocycles. The number of rotatable bonds is 8. The standard InChI is InChI=1S/C15H20N2O2S/c1-3-7-17-10-12-5-6-14(13(8-12)9-16)20-11-15(18)19-4-2/h5-6,8,17H,3-4,7,10-11H2,1-2H3. The Bertz CT molecular complexity index is 483. The van der Waals surface area contributed by atoms with E-state index in [4.69, 9.17) is 4.74 Å². The molecule has 0 aromatic heterocycles. The zero-order chi connectivity index (χ0) is 14.8. The zero-order valence-corrected chi connectivity index (χ0v) is 12.8. The molecule has 0 amide bonds. The molecule has 1 aromatic carbocycles. The minimum absolute atomic E-state index is 0.232. The summed E-state index contributed by atoms with van der Waals surface area (Å²) in [4.78, 5) is 12.1. The molecule has 1 aromatic rings. The summed E-state index contributed by atoms with van der Waals surface area (Å²) >= 11 is 1.34. The van der Waals surface area contributed by atoms with Gasteiger partial charge in [0.2, 0.25) is 0 Å². The lowest BCUT2D eigenvalue weighted by Gasteiger charge is -2.07. The van der Waals surface area contributed by atoms with Gasteiger partial charge in [0, 0.05) is 11.4 Å². The van der Waals surface area contributed by atoms with Gasteiger partial charge in [0.05, 0.1) is 17.9 Å². The molecule has 4 nitrogen and oxygen atoms in total. The summed E-state index contributed by atoms with van der Waals surface area (Å²) in [6.07, 6.45) is 1.08. The molecule has 0 atom stereocenters. The highest BCUT2D eigenvalue weighted by Gasteiger charge is 2.08. The number of hydrogen-bond donors (Lipinski definition) is 1. The van der Waals surface area contributed by atoms with Gasteiger partial charge in [0.15, 0.2) is 0 Å². The van der Waals surface area contributed by atoms with Crippen molar-refractivity contribution >= 4 is 17.7 Å². The van der Waals surface area contributed by atoms with Crippen LogP contribution in [0.3, 0.4) is 0 Å². The Labute approximate surface area is 124 Å². The highest BCUT2D eigenvalue weighted by Crippen LogP contribution is 2.23. The molecule has 0 aliphatic rings. The fraction of sp³-hybridized carbons (Fsp3) is 0.467. The van der Waals surface area contributed by atoms with Crippen LogP contribution in [0.15, 0.2) is 23.1 Å².